The van der Waals surface area contributed by atoms with Gasteiger partial charge in [0, 0.05) is 6.04 Å². The quantitative estimate of drug-likeness (QED) is 0.677. The van der Waals surface area contributed by atoms with Crippen LogP contribution in [0.5, 0.6) is 0 Å². The molecule has 14 heavy (non-hydrogen) atoms. The maximum atomic E-state index is 11.6. The van der Waals surface area contributed by atoms with Crippen LogP contribution in [0.1, 0.15) is 26.7 Å². The third-order valence-electron chi connectivity index (χ3n) is 2.55. The standard InChI is InChI=1S/C8H16N2O2S2/c1-5(7-3-4-7)10-14(11,12)6(2)8(9)13/h5-7,10H,3-4H2,1-2H3,(H2,9,13). The van der Waals surface area contributed by atoms with Crippen LogP contribution >= 0.6 is 12.2 Å². The van der Waals surface area contributed by atoms with Gasteiger partial charge in [-0.25, -0.2) is 13.1 Å². The van der Waals surface area contributed by atoms with E-state index in [0.29, 0.717) is 5.92 Å². The van der Waals surface area contributed by atoms with Crippen molar-refractivity contribution in [1.82, 2.24) is 4.72 Å². The van der Waals surface area contributed by atoms with Crippen LogP contribution in [0.15, 0.2) is 0 Å². The van der Waals surface area contributed by atoms with E-state index in [1.807, 2.05) is 6.92 Å². The van der Waals surface area contributed by atoms with E-state index in [0.717, 1.165) is 12.8 Å². The molecule has 0 heterocycles. The number of hydrogen-bond donors (Lipinski definition) is 2. The molecule has 1 fully saturated rings. The fourth-order valence-corrected chi connectivity index (χ4v) is 2.81. The molecule has 82 valence electrons. The van der Waals surface area contributed by atoms with Crippen LogP contribution in [0.25, 0.3) is 0 Å². The average molecular weight is 236 g/mol. The van der Waals surface area contributed by atoms with E-state index in [4.69, 9.17) is 5.73 Å². The van der Waals surface area contributed by atoms with Crippen molar-refractivity contribution in [2.45, 2.75) is 38.0 Å². The Bertz CT molecular complexity index is 322. The molecule has 6 heteroatoms. The van der Waals surface area contributed by atoms with Crippen LogP contribution in [-0.2, 0) is 10.0 Å². The van der Waals surface area contributed by atoms with Gasteiger partial charge in [0.15, 0.2) is 0 Å². The number of rotatable bonds is 5. The Balaban J connectivity index is 2.60. The van der Waals surface area contributed by atoms with Crippen molar-refractivity contribution in [3.63, 3.8) is 0 Å². The molecular weight excluding hydrogens is 220 g/mol. The monoisotopic (exact) mass is 236 g/mol. The van der Waals surface area contributed by atoms with Crippen LogP contribution in [0.2, 0.25) is 0 Å². The summed E-state index contributed by atoms with van der Waals surface area (Å²) in [6.07, 6.45) is 2.20. The molecule has 0 aromatic carbocycles. The fraction of sp³-hybridized carbons (Fsp3) is 0.875. The van der Waals surface area contributed by atoms with Crippen molar-refractivity contribution in [2.24, 2.45) is 11.7 Å². The highest BCUT2D eigenvalue weighted by molar-refractivity contribution is 7.93. The van der Waals surface area contributed by atoms with E-state index in [1.165, 1.54) is 6.92 Å². The zero-order valence-electron chi connectivity index (χ0n) is 8.36. The third kappa shape index (κ3) is 2.90. The van der Waals surface area contributed by atoms with Crippen LogP contribution in [0.3, 0.4) is 0 Å². The number of sulfonamides is 1. The Morgan fingerprint density at radius 2 is 2.00 bits per heavy atom. The molecule has 0 spiro atoms. The summed E-state index contributed by atoms with van der Waals surface area (Å²) in [7, 11) is -3.38. The van der Waals surface area contributed by atoms with E-state index >= 15 is 0 Å². The molecule has 4 nitrogen and oxygen atoms in total. The molecule has 0 aromatic heterocycles. The van der Waals surface area contributed by atoms with Crippen LogP contribution < -0.4 is 10.5 Å². The van der Waals surface area contributed by atoms with E-state index in [9.17, 15) is 8.42 Å². The van der Waals surface area contributed by atoms with Crippen molar-refractivity contribution in [2.75, 3.05) is 0 Å². The number of hydrogen-bond acceptors (Lipinski definition) is 3. The summed E-state index contributed by atoms with van der Waals surface area (Å²) in [6.45, 7) is 3.38. The maximum absolute atomic E-state index is 11.6. The first-order valence-corrected chi connectivity index (χ1v) is 6.60. The first kappa shape index (κ1) is 11.9. The molecule has 2 unspecified atom stereocenters. The van der Waals surface area contributed by atoms with E-state index < -0.39 is 15.3 Å². The van der Waals surface area contributed by atoms with Crippen molar-refractivity contribution < 1.29 is 8.42 Å². The number of nitrogens with two attached hydrogens (primary N) is 1. The molecule has 0 bridgehead atoms. The Kier molecular flexibility index (Phi) is 3.49. The molecule has 1 rings (SSSR count). The minimum atomic E-state index is -3.38. The zero-order chi connectivity index (χ0) is 10.9. The molecule has 3 N–H and O–H groups in total. The molecule has 1 aliphatic rings. The predicted molar refractivity (Wildman–Crippen MR) is 60.5 cm³/mol. The molecule has 1 saturated carbocycles. The molecule has 2 atom stereocenters. The Morgan fingerprint density at radius 1 is 1.50 bits per heavy atom. The average Bonchev–Trinajstić information content (AvgIpc) is 2.83. The van der Waals surface area contributed by atoms with Gasteiger partial charge < -0.3 is 5.73 Å². The summed E-state index contributed by atoms with van der Waals surface area (Å²) in [5.74, 6) is 0.489. The summed E-state index contributed by atoms with van der Waals surface area (Å²) in [5.41, 5.74) is 5.30. The zero-order valence-corrected chi connectivity index (χ0v) is 9.99. The van der Waals surface area contributed by atoms with Crippen LogP contribution in [0.4, 0.5) is 0 Å². The summed E-state index contributed by atoms with van der Waals surface area (Å²) in [5, 5.41) is -0.793. The highest BCUT2D eigenvalue weighted by Gasteiger charge is 2.33. The maximum Gasteiger partial charge on any atom is 0.220 e. The molecule has 1 aliphatic carbocycles. The second-order valence-corrected chi connectivity index (χ2v) is 6.34. The molecule has 0 aliphatic heterocycles. The minimum Gasteiger partial charge on any atom is -0.392 e. The highest BCUT2D eigenvalue weighted by Crippen LogP contribution is 2.32. The van der Waals surface area contributed by atoms with Gasteiger partial charge in [-0.2, -0.15) is 0 Å². The topological polar surface area (TPSA) is 72.2 Å². The Hall–Kier alpha value is -0.200. The molecule has 0 saturated heterocycles. The van der Waals surface area contributed by atoms with Crippen LogP contribution in [0, 0.1) is 5.92 Å². The second-order valence-electron chi connectivity index (χ2n) is 3.83. The normalized spacial score (nSPS) is 21.6. The summed E-state index contributed by atoms with van der Waals surface area (Å²) >= 11 is 4.66. The fourth-order valence-electron chi connectivity index (χ4n) is 1.21. The van der Waals surface area contributed by atoms with Crippen molar-refractivity contribution >= 4 is 27.2 Å². The number of thiocarbonyl (C=S) groups is 1. The Labute approximate surface area is 90.3 Å². The summed E-state index contributed by atoms with van der Waals surface area (Å²) in [4.78, 5) is 0.0143. The van der Waals surface area contributed by atoms with Crippen molar-refractivity contribution in [3.8, 4) is 0 Å². The van der Waals surface area contributed by atoms with E-state index in [1.54, 1.807) is 0 Å². The van der Waals surface area contributed by atoms with Gasteiger partial charge in [0.25, 0.3) is 0 Å². The SMILES string of the molecule is CC(NS(=O)(=O)C(C)C(N)=S)C1CC1. The van der Waals surface area contributed by atoms with Gasteiger partial charge in [-0.05, 0) is 32.6 Å². The molecule has 0 aromatic rings. The van der Waals surface area contributed by atoms with Gasteiger partial charge in [-0.3, -0.25) is 0 Å². The van der Waals surface area contributed by atoms with Gasteiger partial charge in [-0.1, -0.05) is 12.2 Å². The molecule has 0 amide bonds. The smallest absolute Gasteiger partial charge is 0.220 e. The molecular formula is C8H16N2O2S2. The largest absolute Gasteiger partial charge is 0.392 e. The first-order chi connectivity index (χ1) is 6.34. The summed E-state index contributed by atoms with van der Waals surface area (Å²) < 4.78 is 25.9. The van der Waals surface area contributed by atoms with E-state index in [-0.39, 0.29) is 11.0 Å². The van der Waals surface area contributed by atoms with Crippen LogP contribution in [-0.4, -0.2) is 24.7 Å². The lowest BCUT2D eigenvalue weighted by Crippen LogP contribution is -2.44. The van der Waals surface area contributed by atoms with Gasteiger partial charge in [-0.15, -0.1) is 0 Å². The van der Waals surface area contributed by atoms with E-state index in [2.05, 4.69) is 16.9 Å². The van der Waals surface area contributed by atoms with Gasteiger partial charge >= 0.3 is 0 Å². The predicted octanol–water partition coefficient (Wildman–Crippen LogP) is 0.379. The highest BCUT2D eigenvalue weighted by atomic mass is 32.2. The lowest BCUT2D eigenvalue weighted by molar-refractivity contribution is 0.536. The third-order valence-corrected chi connectivity index (χ3v) is 4.93. The molecule has 0 radical (unpaired) electrons. The van der Waals surface area contributed by atoms with Gasteiger partial charge in [0.2, 0.25) is 10.0 Å². The lowest BCUT2D eigenvalue weighted by Gasteiger charge is -2.17. The minimum absolute atomic E-state index is 0.00296. The number of nitrogens with one attached hydrogen (secondary N) is 1. The Morgan fingerprint density at radius 3 is 2.36 bits per heavy atom. The van der Waals surface area contributed by atoms with Crippen molar-refractivity contribution in [3.05, 3.63) is 0 Å². The van der Waals surface area contributed by atoms with Gasteiger partial charge in [0.1, 0.15) is 5.25 Å². The second kappa shape index (κ2) is 4.12. The first-order valence-electron chi connectivity index (χ1n) is 4.65. The van der Waals surface area contributed by atoms with Crippen molar-refractivity contribution in [1.29, 1.82) is 0 Å². The summed E-state index contributed by atoms with van der Waals surface area (Å²) in [6, 6.07) is -0.00296. The van der Waals surface area contributed by atoms with Gasteiger partial charge in [0.05, 0.1) is 4.99 Å². The lowest BCUT2D eigenvalue weighted by atomic mass is 10.2.